The summed E-state index contributed by atoms with van der Waals surface area (Å²) >= 11 is 9.06. The first-order valence-electron chi connectivity index (χ1n) is 3.18. The second-order valence-corrected chi connectivity index (χ2v) is 3.91. The zero-order valence-electron chi connectivity index (χ0n) is 7.54. The third kappa shape index (κ3) is 3.38. The molecule has 0 aliphatic rings. The van der Waals surface area contributed by atoms with Crippen LogP contribution in [0.5, 0.6) is 5.75 Å². The van der Waals surface area contributed by atoms with Crippen molar-refractivity contribution in [1.82, 2.24) is 0 Å². The molecule has 1 atom stereocenters. The summed E-state index contributed by atoms with van der Waals surface area (Å²) in [7, 11) is 1.40. The fraction of sp³-hybridized carbons (Fsp3) is 0.143. The molecule has 0 amide bonds. The summed E-state index contributed by atoms with van der Waals surface area (Å²) in [6.07, 6.45) is 0. The van der Waals surface area contributed by atoms with Gasteiger partial charge in [0.1, 0.15) is 0 Å². The summed E-state index contributed by atoms with van der Waals surface area (Å²) in [6.45, 7) is 0. The number of benzene rings is 1. The van der Waals surface area contributed by atoms with Crippen LogP contribution in [0.25, 0.3) is 0 Å². The third-order valence-electron chi connectivity index (χ3n) is 1.37. The topological polar surface area (TPSA) is 49.4 Å². The van der Waals surface area contributed by atoms with Crippen LogP contribution in [0.15, 0.2) is 17.0 Å². The summed E-state index contributed by atoms with van der Waals surface area (Å²) in [5.74, 6) is 0.275. The van der Waals surface area contributed by atoms with Gasteiger partial charge in [0.25, 0.3) is 0 Å². The van der Waals surface area contributed by atoms with E-state index in [0.29, 0.717) is 0 Å². The van der Waals surface area contributed by atoms with Crippen LogP contribution >= 0.6 is 23.2 Å². The van der Waals surface area contributed by atoms with Gasteiger partial charge in [-0.15, -0.1) is 0 Å². The van der Waals surface area contributed by atoms with Gasteiger partial charge in [-0.1, -0.05) is 23.2 Å². The summed E-state index contributed by atoms with van der Waals surface area (Å²) < 4.78 is 25.9. The normalized spacial score (nSPS) is 11.7. The Hall–Kier alpha value is 0.710. The predicted octanol–water partition coefficient (Wildman–Crippen LogP) is -0.756. The van der Waals surface area contributed by atoms with Crippen LogP contribution in [0.4, 0.5) is 0 Å². The maximum absolute atomic E-state index is 10.5. The molecule has 1 aromatic rings. The molecule has 0 aliphatic heterocycles. The molecule has 0 aliphatic carbocycles. The van der Waals surface area contributed by atoms with Crippen molar-refractivity contribution in [2.75, 3.05) is 7.11 Å². The Balaban J connectivity index is 0.00000169. The van der Waals surface area contributed by atoms with Crippen LogP contribution in [0, 0.1) is 0 Å². The second kappa shape index (κ2) is 6.33. The van der Waals surface area contributed by atoms with Gasteiger partial charge in [0.2, 0.25) is 0 Å². The summed E-state index contributed by atoms with van der Waals surface area (Å²) in [5, 5.41) is 0.350. The standard InChI is InChI=1S/C7H6Cl2O3S.Na/c1-12-7-5(8)2-4(13(10)11)3-6(7)9;/h2-3H,1H3,(H,10,11);/q;+1/p-1. The summed E-state index contributed by atoms with van der Waals surface area (Å²) in [4.78, 5) is 0.0378. The number of ether oxygens (including phenoxy) is 1. The first-order chi connectivity index (χ1) is 6.06. The van der Waals surface area contributed by atoms with E-state index in [9.17, 15) is 8.76 Å². The van der Waals surface area contributed by atoms with Gasteiger partial charge < -0.3 is 9.29 Å². The number of hydrogen-bond donors (Lipinski definition) is 0. The molecule has 7 heteroatoms. The van der Waals surface area contributed by atoms with Gasteiger partial charge in [-0.3, -0.25) is 4.21 Å². The van der Waals surface area contributed by atoms with Gasteiger partial charge in [-0.25, -0.2) is 0 Å². The van der Waals surface area contributed by atoms with Crippen molar-refractivity contribution in [2.45, 2.75) is 4.90 Å². The molecule has 3 nitrogen and oxygen atoms in total. The van der Waals surface area contributed by atoms with Crippen LogP contribution in [-0.4, -0.2) is 15.9 Å². The minimum atomic E-state index is -2.33. The van der Waals surface area contributed by atoms with Crippen molar-refractivity contribution in [1.29, 1.82) is 0 Å². The van der Waals surface area contributed by atoms with E-state index in [2.05, 4.69) is 0 Å². The number of halogens is 2. The summed E-state index contributed by atoms with van der Waals surface area (Å²) in [5.41, 5.74) is 0. The Labute approximate surface area is 116 Å². The first-order valence-corrected chi connectivity index (χ1v) is 5.01. The zero-order valence-corrected chi connectivity index (χ0v) is 11.9. The average molecular weight is 263 g/mol. The van der Waals surface area contributed by atoms with Gasteiger partial charge in [-0.2, -0.15) is 0 Å². The molecule has 1 rings (SSSR count). The molecule has 0 spiro atoms. The van der Waals surface area contributed by atoms with E-state index >= 15 is 0 Å². The molecule has 1 unspecified atom stereocenters. The molecule has 1 aromatic carbocycles. The maximum atomic E-state index is 10.5. The first kappa shape index (κ1) is 14.7. The molecule has 72 valence electrons. The van der Waals surface area contributed by atoms with Gasteiger partial charge in [-0.05, 0) is 23.2 Å². The van der Waals surface area contributed by atoms with Crippen molar-refractivity contribution >= 4 is 34.3 Å². The van der Waals surface area contributed by atoms with Crippen molar-refractivity contribution in [3.05, 3.63) is 22.2 Å². The van der Waals surface area contributed by atoms with Crippen LogP contribution in [0.2, 0.25) is 10.0 Å². The fourth-order valence-electron chi connectivity index (χ4n) is 0.828. The Bertz CT molecular complexity index is 336. The molecule has 0 saturated heterocycles. The van der Waals surface area contributed by atoms with E-state index in [0.717, 1.165) is 0 Å². The van der Waals surface area contributed by atoms with E-state index < -0.39 is 11.1 Å². The second-order valence-electron chi connectivity index (χ2n) is 2.15. The monoisotopic (exact) mass is 262 g/mol. The van der Waals surface area contributed by atoms with Gasteiger partial charge in [0, 0.05) is 4.90 Å². The van der Waals surface area contributed by atoms with Gasteiger partial charge in [0.15, 0.2) is 5.75 Å². The third-order valence-corrected chi connectivity index (χ3v) is 2.55. The molecule has 0 bridgehead atoms. The Morgan fingerprint density at radius 2 is 1.79 bits per heavy atom. The molecule has 0 saturated carbocycles. The fourth-order valence-corrected chi connectivity index (χ4v) is 2.03. The van der Waals surface area contributed by atoms with Gasteiger partial charge >= 0.3 is 29.6 Å². The quantitative estimate of drug-likeness (QED) is 0.521. The van der Waals surface area contributed by atoms with Crippen molar-refractivity contribution in [3.63, 3.8) is 0 Å². The number of methoxy groups -OCH3 is 1. The summed E-state index contributed by atoms with van der Waals surface area (Å²) in [6, 6.07) is 2.55. The van der Waals surface area contributed by atoms with Crippen molar-refractivity contribution in [3.8, 4) is 5.75 Å². The van der Waals surface area contributed by atoms with Crippen molar-refractivity contribution in [2.24, 2.45) is 0 Å². The SMILES string of the molecule is COc1c(Cl)cc(S(=O)[O-])cc1Cl.[Na+]. The molecule has 0 aromatic heterocycles. The average Bonchev–Trinajstić information content (AvgIpc) is 2.03. The molecule has 0 heterocycles. The van der Waals surface area contributed by atoms with Crippen LogP contribution < -0.4 is 34.3 Å². The predicted molar refractivity (Wildman–Crippen MR) is 50.2 cm³/mol. The minimum absolute atomic E-state index is 0. The Kier molecular flexibility index (Phi) is 6.65. The minimum Gasteiger partial charge on any atom is -0.768 e. The van der Waals surface area contributed by atoms with E-state index in [1.807, 2.05) is 0 Å². The van der Waals surface area contributed by atoms with Crippen LogP contribution in [0.1, 0.15) is 0 Å². The zero-order chi connectivity index (χ0) is 10.0. The van der Waals surface area contributed by atoms with E-state index in [4.69, 9.17) is 27.9 Å². The smallest absolute Gasteiger partial charge is 0.768 e. The van der Waals surface area contributed by atoms with E-state index in [-0.39, 0.29) is 50.2 Å². The van der Waals surface area contributed by atoms with Crippen LogP contribution in [0.3, 0.4) is 0 Å². The van der Waals surface area contributed by atoms with Crippen LogP contribution in [-0.2, 0) is 11.1 Å². The van der Waals surface area contributed by atoms with Crippen molar-refractivity contribution < 1.29 is 43.1 Å². The molecule has 0 N–H and O–H groups in total. The Morgan fingerprint density at radius 1 is 1.36 bits per heavy atom. The number of rotatable bonds is 2. The molecule has 0 radical (unpaired) electrons. The molecular weight excluding hydrogens is 258 g/mol. The van der Waals surface area contributed by atoms with E-state index in [1.165, 1.54) is 19.2 Å². The Morgan fingerprint density at radius 3 is 2.07 bits per heavy atom. The largest absolute Gasteiger partial charge is 1.00 e. The molecular formula is C7H5Cl2NaO3S. The molecule has 0 fully saturated rings. The number of hydrogen-bond acceptors (Lipinski definition) is 3. The molecule has 14 heavy (non-hydrogen) atoms. The van der Waals surface area contributed by atoms with Gasteiger partial charge in [0.05, 0.1) is 17.2 Å². The van der Waals surface area contributed by atoms with E-state index in [1.54, 1.807) is 0 Å². The maximum Gasteiger partial charge on any atom is 1.00 e.